The highest BCUT2D eigenvalue weighted by molar-refractivity contribution is 5.76. The minimum absolute atomic E-state index is 0.310. The van der Waals surface area contributed by atoms with Gasteiger partial charge >= 0.3 is 0 Å². The van der Waals surface area contributed by atoms with Crippen molar-refractivity contribution in [3.05, 3.63) is 36.2 Å². The second-order valence-corrected chi connectivity index (χ2v) is 7.22. The number of fused-ring (bicyclic) bond motifs is 1. The van der Waals surface area contributed by atoms with E-state index in [1.807, 2.05) is 24.4 Å². The van der Waals surface area contributed by atoms with Crippen LogP contribution in [-0.4, -0.2) is 34.9 Å². The fourth-order valence-electron chi connectivity index (χ4n) is 3.79. The van der Waals surface area contributed by atoms with Crippen LogP contribution in [0.2, 0.25) is 0 Å². The number of nitrogens with two attached hydrogens (primary N) is 2. The van der Waals surface area contributed by atoms with Crippen LogP contribution in [0.3, 0.4) is 0 Å². The number of nitrogens with one attached hydrogen (secondary N) is 1. The van der Waals surface area contributed by atoms with E-state index >= 15 is 0 Å². The highest BCUT2D eigenvalue weighted by Gasteiger charge is 2.23. The van der Waals surface area contributed by atoms with Crippen molar-refractivity contribution < 1.29 is 9.47 Å². The van der Waals surface area contributed by atoms with Crippen LogP contribution in [0.15, 0.2) is 30.5 Å². The molecule has 0 amide bonds. The summed E-state index contributed by atoms with van der Waals surface area (Å²) in [7, 11) is 3.23. The first-order valence-corrected chi connectivity index (χ1v) is 9.48. The molecule has 1 saturated carbocycles. The van der Waals surface area contributed by atoms with E-state index in [-0.39, 0.29) is 0 Å². The molecule has 0 aliphatic heterocycles. The van der Waals surface area contributed by atoms with Gasteiger partial charge in [0.15, 0.2) is 17.1 Å². The fraction of sp³-hybridized carbons (Fsp3) is 0.400. The molecule has 0 radical (unpaired) electrons. The topological polar surface area (TPSA) is 113 Å². The van der Waals surface area contributed by atoms with Gasteiger partial charge < -0.3 is 26.3 Å². The first-order valence-electron chi connectivity index (χ1n) is 9.48. The van der Waals surface area contributed by atoms with Crippen LogP contribution in [0, 0.1) is 0 Å². The smallest absolute Gasteiger partial charge is 0.177 e. The molecule has 0 unspecified atom stereocenters. The van der Waals surface area contributed by atoms with Gasteiger partial charge in [0.1, 0.15) is 5.82 Å². The van der Waals surface area contributed by atoms with Crippen LogP contribution in [0.5, 0.6) is 11.5 Å². The molecule has 4 rings (SSSR count). The summed E-state index contributed by atoms with van der Waals surface area (Å²) in [5, 5.41) is 7.77. The first kappa shape index (κ1) is 18.4. The molecule has 2 heterocycles. The number of hydrogen-bond donors (Lipinski definition) is 3. The van der Waals surface area contributed by atoms with Gasteiger partial charge in [0.25, 0.3) is 0 Å². The Morgan fingerprint density at radius 3 is 2.54 bits per heavy atom. The molecule has 148 valence electrons. The van der Waals surface area contributed by atoms with E-state index < -0.39 is 0 Å². The monoisotopic (exact) mass is 382 g/mol. The molecule has 5 N–H and O–H groups in total. The zero-order valence-corrected chi connectivity index (χ0v) is 16.2. The van der Waals surface area contributed by atoms with E-state index in [1.165, 1.54) is 0 Å². The average Bonchev–Trinajstić information content (AvgIpc) is 3.12. The van der Waals surface area contributed by atoms with Crippen LogP contribution >= 0.6 is 0 Å². The number of hydrogen-bond acceptors (Lipinski definition) is 7. The lowest BCUT2D eigenvalue weighted by Crippen LogP contribution is -2.25. The Bertz CT molecular complexity index is 978. The Hall–Kier alpha value is -3.00. The van der Waals surface area contributed by atoms with Crippen molar-refractivity contribution in [2.24, 2.45) is 5.73 Å². The zero-order valence-electron chi connectivity index (χ0n) is 16.2. The third-order valence-electron chi connectivity index (χ3n) is 5.32. The lowest BCUT2D eigenvalue weighted by Gasteiger charge is -2.24. The number of anilines is 3. The number of methoxy groups -OCH3 is 2. The van der Waals surface area contributed by atoms with Crippen LogP contribution < -0.4 is 26.3 Å². The quantitative estimate of drug-likeness (QED) is 0.621. The van der Waals surface area contributed by atoms with Crippen molar-refractivity contribution in [2.75, 3.05) is 25.3 Å². The lowest BCUT2D eigenvalue weighted by atomic mass is 9.85. The van der Waals surface area contributed by atoms with Gasteiger partial charge in [0, 0.05) is 29.8 Å². The van der Waals surface area contributed by atoms with Crippen molar-refractivity contribution in [3.63, 3.8) is 0 Å². The minimum Gasteiger partial charge on any atom is -0.493 e. The summed E-state index contributed by atoms with van der Waals surface area (Å²) < 4.78 is 12.4. The predicted molar refractivity (Wildman–Crippen MR) is 109 cm³/mol. The van der Waals surface area contributed by atoms with E-state index in [9.17, 15) is 0 Å². The van der Waals surface area contributed by atoms with Gasteiger partial charge in [-0.15, -0.1) is 5.10 Å². The number of nitrogens with zero attached hydrogens (tertiary/aromatic N) is 3. The third-order valence-corrected chi connectivity index (χ3v) is 5.32. The van der Waals surface area contributed by atoms with E-state index in [1.54, 1.807) is 24.8 Å². The standard InChI is InChI=1S/C20H26N6O2/c1-27-17-8-7-14(9-18(17)28-2)23-15-10-19(22)25-26-11-16(24-20(15)26)12-3-5-13(21)6-4-12/h7-13,23H,3-6,21H2,1-2H3,(H2,22,25). The largest absolute Gasteiger partial charge is 0.493 e. The van der Waals surface area contributed by atoms with Crippen molar-refractivity contribution in [2.45, 2.75) is 37.6 Å². The maximum absolute atomic E-state index is 6.04. The Balaban J connectivity index is 1.67. The highest BCUT2D eigenvalue weighted by Crippen LogP contribution is 2.34. The Morgan fingerprint density at radius 2 is 1.82 bits per heavy atom. The van der Waals surface area contributed by atoms with Gasteiger partial charge in [-0.05, 0) is 37.8 Å². The van der Waals surface area contributed by atoms with Crippen LogP contribution in [0.1, 0.15) is 37.3 Å². The number of ether oxygens (including phenoxy) is 2. The van der Waals surface area contributed by atoms with Crippen LogP contribution in [-0.2, 0) is 0 Å². The molecule has 0 saturated heterocycles. The van der Waals surface area contributed by atoms with Gasteiger partial charge in [-0.2, -0.15) is 0 Å². The summed E-state index contributed by atoms with van der Waals surface area (Å²) in [6, 6.07) is 7.74. The molecule has 28 heavy (non-hydrogen) atoms. The molecule has 1 fully saturated rings. The first-order chi connectivity index (χ1) is 13.6. The maximum atomic E-state index is 6.04. The zero-order chi connectivity index (χ0) is 19.7. The Labute approximate surface area is 163 Å². The molecule has 0 bridgehead atoms. The summed E-state index contributed by atoms with van der Waals surface area (Å²) in [5.41, 5.74) is 15.5. The van der Waals surface area contributed by atoms with Gasteiger partial charge in [-0.3, -0.25) is 0 Å². The van der Waals surface area contributed by atoms with Crippen molar-refractivity contribution >= 4 is 22.8 Å². The second-order valence-electron chi connectivity index (χ2n) is 7.22. The van der Waals surface area contributed by atoms with Gasteiger partial charge in [-0.25, -0.2) is 9.50 Å². The van der Waals surface area contributed by atoms with Gasteiger partial charge in [-0.1, -0.05) is 0 Å². The molecule has 3 aromatic rings. The number of aromatic nitrogens is 3. The number of benzene rings is 1. The maximum Gasteiger partial charge on any atom is 0.177 e. The van der Waals surface area contributed by atoms with Crippen LogP contribution in [0.25, 0.3) is 5.65 Å². The van der Waals surface area contributed by atoms with E-state index in [0.29, 0.717) is 29.3 Å². The average molecular weight is 382 g/mol. The SMILES string of the molecule is COc1ccc(Nc2cc(N)nn3cc(C4CCC(N)CC4)nc23)cc1OC. The normalized spacial score (nSPS) is 19.5. The van der Waals surface area contributed by atoms with Crippen molar-refractivity contribution in [1.82, 2.24) is 14.6 Å². The molecular formula is C20H26N6O2. The Kier molecular flexibility index (Phi) is 4.95. The molecular weight excluding hydrogens is 356 g/mol. The molecule has 1 aliphatic carbocycles. The summed E-state index contributed by atoms with van der Waals surface area (Å²) in [4.78, 5) is 4.86. The summed E-state index contributed by atoms with van der Waals surface area (Å²) in [6.45, 7) is 0. The molecule has 8 heteroatoms. The second kappa shape index (κ2) is 7.55. The third kappa shape index (κ3) is 3.55. The molecule has 0 atom stereocenters. The molecule has 8 nitrogen and oxygen atoms in total. The summed E-state index contributed by atoms with van der Waals surface area (Å²) in [6.07, 6.45) is 6.15. The molecule has 0 spiro atoms. The van der Waals surface area contributed by atoms with E-state index in [2.05, 4.69) is 10.4 Å². The van der Waals surface area contributed by atoms with E-state index in [4.69, 9.17) is 25.9 Å². The highest BCUT2D eigenvalue weighted by atomic mass is 16.5. The lowest BCUT2D eigenvalue weighted by molar-refractivity contribution is 0.355. The fourth-order valence-corrected chi connectivity index (χ4v) is 3.79. The van der Waals surface area contributed by atoms with Gasteiger partial charge in [0.2, 0.25) is 0 Å². The number of imidazole rings is 1. The Morgan fingerprint density at radius 1 is 1.07 bits per heavy atom. The van der Waals surface area contributed by atoms with E-state index in [0.717, 1.165) is 48.4 Å². The van der Waals surface area contributed by atoms with Gasteiger partial charge in [0.05, 0.1) is 31.8 Å². The van der Waals surface area contributed by atoms with Crippen LogP contribution in [0.4, 0.5) is 17.2 Å². The van der Waals surface area contributed by atoms with Crippen molar-refractivity contribution in [3.8, 4) is 11.5 Å². The molecule has 1 aliphatic rings. The molecule has 1 aromatic carbocycles. The molecule has 2 aromatic heterocycles. The summed E-state index contributed by atoms with van der Waals surface area (Å²) in [5.74, 6) is 2.15. The minimum atomic E-state index is 0.310. The number of nitrogen functional groups attached to an aromatic ring is 1. The predicted octanol–water partition coefficient (Wildman–Crippen LogP) is 3.06. The summed E-state index contributed by atoms with van der Waals surface area (Å²) >= 11 is 0. The van der Waals surface area contributed by atoms with Crippen molar-refractivity contribution in [1.29, 1.82) is 0 Å². The number of rotatable bonds is 5.